The van der Waals surface area contributed by atoms with Crippen molar-refractivity contribution in [2.24, 2.45) is 0 Å². The summed E-state index contributed by atoms with van der Waals surface area (Å²) in [5.74, 6) is -0.345. The second kappa shape index (κ2) is 10.1. The number of hydrogen-bond donors (Lipinski definition) is 2. The smallest absolute Gasteiger partial charge is 0.265 e. The minimum Gasteiger partial charge on any atom is -0.383 e. The largest absolute Gasteiger partial charge is 0.383 e. The molecule has 2 N–H and O–H groups in total. The molecule has 0 bridgehead atoms. The number of fused-ring (bicyclic) bond motifs is 1. The van der Waals surface area contributed by atoms with Crippen molar-refractivity contribution in [3.8, 4) is 0 Å². The van der Waals surface area contributed by atoms with Gasteiger partial charge in [0.1, 0.15) is 11.2 Å². The van der Waals surface area contributed by atoms with Crippen molar-refractivity contribution in [1.29, 1.82) is 0 Å². The van der Waals surface area contributed by atoms with Gasteiger partial charge in [-0.3, -0.25) is 14.5 Å². The van der Waals surface area contributed by atoms with E-state index in [9.17, 15) is 9.59 Å². The van der Waals surface area contributed by atoms with Gasteiger partial charge in [-0.25, -0.2) is 9.97 Å². The number of anilines is 2. The molecule has 3 rings (SSSR count). The molecule has 0 aliphatic rings. The molecule has 0 saturated heterocycles. The number of hydrogen-bond acceptors (Lipinski definition) is 7. The van der Waals surface area contributed by atoms with Crippen molar-refractivity contribution >= 4 is 44.7 Å². The van der Waals surface area contributed by atoms with Crippen molar-refractivity contribution in [3.63, 3.8) is 0 Å². The maximum Gasteiger partial charge on any atom is 0.265 e. The fraction of sp³-hybridized carbons (Fsp3) is 0.300. The van der Waals surface area contributed by atoms with Crippen LogP contribution in [-0.2, 0) is 9.53 Å². The molecule has 1 aromatic carbocycles. The number of rotatable bonds is 9. The summed E-state index contributed by atoms with van der Waals surface area (Å²) in [6.45, 7) is 4.30. The van der Waals surface area contributed by atoms with E-state index in [-0.39, 0.29) is 18.4 Å². The van der Waals surface area contributed by atoms with Crippen molar-refractivity contribution in [1.82, 2.24) is 14.9 Å². The summed E-state index contributed by atoms with van der Waals surface area (Å²) in [6.07, 6.45) is 3.14. The maximum atomic E-state index is 12.5. The molecule has 29 heavy (non-hydrogen) atoms. The highest BCUT2D eigenvalue weighted by Crippen LogP contribution is 2.24. The number of nitrogens with zero attached hydrogens (tertiary/aromatic N) is 3. The van der Waals surface area contributed by atoms with E-state index in [1.807, 2.05) is 11.8 Å². The van der Waals surface area contributed by atoms with Crippen LogP contribution >= 0.6 is 11.3 Å². The average Bonchev–Trinajstić information content (AvgIpc) is 3.16. The Balaban J connectivity index is 1.61. The van der Waals surface area contributed by atoms with Gasteiger partial charge in [-0.2, -0.15) is 0 Å². The van der Waals surface area contributed by atoms with E-state index >= 15 is 0 Å². The van der Waals surface area contributed by atoms with Crippen molar-refractivity contribution in [3.05, 3.63) is 47.7 Å². The van der Waals surface area contributed by atoms with Crippen LogP contribution in [0.25, 0.3) is 10.2 Å². The van der Waals surface area contributed by atoms with Gasteiger partial charge in [0, 0.05) is 36.6 Å². The summed E-state index contributed by atoms with van der Waals surface area (Å²) in [7, 11) is 1.64. The number of amides is 2. The average molecular weight is 414 g/mol. The van der Waals surface area contributed by atoms with Gasteiger partial charge < -0.3 is 15.4 Å². The Labute approximate surface area is 172 Å². The van der Waals surface area contributed by atoms with E-state index in [1.165, 1.54) is 17.7 Å². The van der Waals surface area contributed by atoms with E-state index in [4.69, 9.17) is 4.74 Å². The summed E-state index contributed by atoms with van der Waals surface area (Å²) in [5.41, 5.74) is 1.22. The Hall–Kier alpha value is -2.88. The fourth-order valence-electron chi connectivity index (χ4n) is 2.74. The van der Waals surface area contributed by atoms with Crippen LogP contribution in [0.4, 0.5) is 11.4 Å². The third-order valence-corrected chi connectivity index (χ3v) is 5.31. The summed E-state index contributed by atoms with van der Waals surface area (Å²) >= 11 is 1.31. The van der Waals surface area contributed by atoms with Gasteiger partial charge in [-0.15, -0.1) is 11.3 Å². The van der Waals surface area contributed by atoms with E-state index in [2.05, 4.69) is 20.6 Å². The van der Waals surface area contributed by atoms with E-state index in [1.54, 1.807) is 43.6 Å². The van der Waals surface area contributed by atoms with Gasteiger partial charge >= 0.3 is 0 Å². The molecule has 152 valence electrons. The van der Waals surface area contributed by atoms with Crippen LogP contribution in [0.2, 0.25) is 0 Å². The maximum absolute atomic E-state index is 12.5. The van der Waals surface area contributed by atoms with Crippen LogP contribution in [0, 0.1) is 0 Å². The van der Waals surface area contributed by atoms with Crippen LogP contribution in [0.1, 0.15) is 16.6 Å². The lowest BCUT2D eigenvalue weighted by molar-refractivity contribution is -0.117. The number of nitrogens with one attached hydrogen (secondary N) is 2. The highest BCUT2D eigenvalue weighted by molar-refractivity contribution is 7.20. The summed E-state index contributed by atoms with van der Waals surface area (Å²) in [6, 6.07) is 8.84. The van der Waals surface area contributed by atoms with Crippen LogP contribution in [-0.4, -0.2) is 60.0 Å². The number of carbonyl (C=O) groups excluding carboxylic acids is 2. The SMILES string of the molecule is CCN(CCOC)CC(=O)Nc1cccc(NC(=O)c2cc3cncnc3s2)c1. The third-order valence-electron chi connectivity index (χ3n) is 4.25. The Morgan fingerprint density at radius 3 is 2.72 bits per heavy atom. The Morgan fingerprint density at radius 2 is 2.00 bits per heavy atom. The highest BCUT2D eigenvalue weighted by Gasteiger charge is 2.13. The molecule has 0 saturated carbocycles. The van der Waals surface area contributed by atoms with Crippen LogP contribution in [0.3, 0.4) is 0 Å². The summed E-state index contributed by atoms with van der Waals surface area (Å²) in [5, 5.41) is 6.56. The number of benzene rings is 1. The zero-order valence-corrected chi connectivity index (χ0v) is 17.2. The minimum absolute atomic E-state index is 0.116. The van der Waals surface area contributed by atoms with Gasteiger partial charge in [0.25, 0.3) is 5.91 Å². The first-order chi connectivity index (χ1) is 14.1. The van der Waals surface area contributed by atoms with E-state index < -0.39 is 0 Å². The van der Waals surface area contributed by atoms with Gasteiger partial charge in [0.2, 0.25) is 5.91 Å². The first-order valence-electron chi connectivity index (χ1n) is 9.21. The van der Waals surface area contributed by atoms with Crippen LogP contribution in [0.5, 0.6) is 0 Å². The normalized spacial score (nSPS) is 11.0. The minimum atomic E-state index is -0.229. The van der Waals surface area contributed by atoms with E-state index in [0.29, 0.717) is 29.4 Å². The lowest BCUT2D eigenvalue weighted by Crippen LogP contribution is -2.35. The van der Waals surface area contributed by atoms with Crippen molar-refractivity contribution < 1.29 is 14.3 Å². The molecule has 0 aliphatic heterocycles. The van der Waals surface area contributed by atoms with E-state index in [0.717, 1.165) is 16.8 Å². The number of ether oxygens (including phenoxy) is 1. The van der Waals surface area contributed by atoms with Gasteiger partial charge in [0.15, 0.2) is 0 Å². The fourth-order valence-corrected chi connectivity index (χ4v) is 3.61. The van der Waals surface area contributed by atoms with Gasteiger partial charge in [0.05, 0.1) is 18.0 Å². The van der Waals surface area contributed by atoms with Crippen LogP contribution in [0.15, 0.2) is 42.9 Å². The molecular weight excluding hydrogens is 390 g/mol. The molecule has 0 atom stereocenters. The van der Waals surface area contributed by atoms with Gasteiger partial charge in [-0.05, 0) is 30.8 Å². The van der Waals surface area contributed by atoms with Crippen molar-refractivity contribution in [2.75, 3.05) is 44.0 Å². The Bertz CT molecular complexity index is 958. The second-order valence-electron chi connectivity index (χ2n) is 6.34. The number of thiophene rings is 1. The van der Waals surface area contributed by atoms with Crippen LogP contribution < -0.4 is 10.6 Å². The molecule has 2 aromatic heterocycles. The summed E-state index contributed by atoms with van der Waals surface area (Å²) in [4.78, 5) is 36.3. The van der Waals surface area contributed by atoms with Gasteiger partial charge in [-0.1, -0.05) is 13.0 Å². The molecular formula is C20H23N5O3S. The molecule has 2 heterocycles. The number of methoxy groups -OCH3 is 1. The molecule has 0 spiro atoms. The monoisotopic (exact) mass is 413 g/mol. The first-order valence-corrected chi connectivity index (χ1v) is 10.0. The second-order valence-corrected chi connectivity index (χ2v) is 7.37. The number of carbonyl (C=O) groups is 2. The Kier molecular flexibility index (Phi) is 7.23. The predicted molar refractivity (Wildman–Crippen MR) is 114 cm³/mol. The quantitative estimate of drug-likeness (QED) is 0.560. The standard InChI is InChI=1S/C20H23N5O3S/c1-3-25(7-8-28-2)12-18(26)23-15-5-4-6-16(10-15)24-19(27)17-9-14-11-21-13-22-20(14)29-17/h4-6,9-11,13H,3,7-8,12H2,1-2H3,(H,23,26)(H,24,27). The molecule has 8 nitrogen and oxygen atoms in total. The topological polar surface area (TPSA) is 96.5 Å². The molecule has 2 amide bonds. The number of aromatic nitrogens is 2. The molecule has 9 heteroatoms. The zero-order valence-electron chi connectivity index (χ0n) is 16.3. The molecule has 0 radical (unpaired) electrons. The molecule has 3 aromatic rings. The predicted octanol–water partition coefficient (Wildman–Crippen LogP) is 2.85. The molecule has 0 fully saturated rings. The first kappa shape index (κ1) is 20.8. The lowest BCUT2D eigenvalue weighted by atomic mass is 10.2. The van der Waals surface area contributed by atoms with Crippen molar-refractivity contribution in [2.45, 2.75) is 6.92 Å². The zero-order chi connectivity index (χ0) is 20.6. The highest BCUT2D eigenvalue weighted by atomic mass is 32.1. The number of likely N-dealkylation sites (N-methyl/N-ethyl adjacent to an activating group) is 1. The Morgan fingerprint density at radius 1 is 1.21 bits per heavy atom. The molecule has 0 aliphatic carbocycles. The lowest BCUT2D eigenvalue weighted by Gasteiger charge is -2.19. The third kappa shape index (κ3) is 5.80. The summed E-state index contributed by atoms with van der Waals surface area (Å²) < 4.78 is 5.06. The molecule has 0 unspecified atom stereocenters.